The van der Waals surface area contributed by atoms with Crippen LogP contribution in [0, 0.1) is 0 Å². The number of allylic oxidation sites excluding steroid dienone is 1. The lowest BCUT2D eigenvalue weighted by Gasteiger charge is -2.22. The Kier molecular flexibility index (Phi) is 7.32. The summed E-state index contributed by atoms with van der Waals surface area (Å²) in [5.74, 6) is -0.146. The number of hydrogen-bond donors (Lipinski definition) is 1. The molecule has 1 aromatic rings. The lowest BCUT2D eigenvalue weighted by atomic mass is 9.97. The first-order valence-electron chi connectivity index (χ1n) is 8.54. The van der Waals surface area contributed by atoms with Gasteiger partial charge < -0.3 is 5.32 Å². The van der Waals surface area contributed by atoms with Crippen LogP contribution in [0.1, 0.15) is 38.5 Å². The summed E-state index contributed by atoms with van der Waals surface area (Å²) in [6.07, 6.45) is 9.10. The summed E-state index contributed by atoms with van der Waals surface area (Å²) in [5, 5.41) is 3.33. The van der Waals surface area contributed by atoms with Gasteiger partial charge in [-0.2, -0.15) is 0 Å². The van der Waals surface area contributed by atoms with Crippen LogP contribution >= 0.6 is 11.6 Å². The molecular formula is C18H25ClN2O3S. The fraction of sp³-hybridized carbons (Fsp3) is 0.500. The molecule has 0 atom stereocenters. The highest BCUT2D eigenvalue weighted by atomic mass is 35.5. The number of benzene rings is 1. The molecule has 0 radical (unpaired) electrons. The molecule has 1 N–H and O–H groups in total. The average Bonchev–Trinajstić information content (AvgIpc) is 2.55. The zero-order chi connectivity index (χ0) is 18.3. The van der Waals surface area contributed by atoms with Crippen molar-refractivity contribution in [3.63, 3.8) is 0 Å². The van der Waals surface area contributed by atoms with E-state index in [2.05, 4.69) is 11.4 Å². The van der Waals surface area contributed by atoms with Gasteiger partial charge in [0, 0.05) is 24.5 Å². The van der Waals surface area contributed by atoms with Crippen LogP contribution in [0.15, 0.2) is 35.9 Å². The molecule has 25 heavy (non-hydrogen) atoms. The Balaban J connectivity index is 1.85. The molecule has 1 aliphatic carbocycles. The zero-order valence-electron chi connectivity index (χ0n) is 14.5. The van der Waals surface area contributed by atoms with Crippen molar-refractivity contribution in [1.82, 2.24) is 5.32 Å². The summed E-state index contributed by atoms with van der Waals surface area (Å²) in [4.78, 5) is 12.0. The lowest BCUT2D eigenvalue weighted by molar-refractivity contribution is -0.120. The first kappa shape index (κ1) is 19.8. The smallest absolute Gasteiger partial charge is 0.232 e. The number of nitrogens with zero attached hydrogens (tertiary/aromatic N) is 1. The van der Waals surface area contributed by atoms with Gasteiger partial charge in [0.25, 0.3) is 0 Å². The van der Waals surface area contributed by atoms with Gasteiger partial charge in [-0.15, -0.1) is 0 Å². The molecule has 0 spiro atoms. The van der Waals surface area contributed by atoms with Gasteiger partial charge in [-0.05, 0) is 50.3 Å². The van der Waals surface area contributed by atoms with Crippen LogP contribution in [0.3, 0.4) is 0 Å². The highest BCUT2D eigenvalue weighted by molar-refractivity contribution is 7.92. The number of halogens is 1. The Morgan fingerprint density at radius 2 is 2.12 bits per heavy atom. The Morgan fingerprint density at radius 3 is 2.76 bits per heavy atom. The molecule has 1 aliphatic rings. The van der Waals surface area contributed by atoms with Gasteiger partial charge in [0.1, 0.15) is 0 Å². The molecular weight excluding hydrogens is 360 g/mol. The second-order valence-corrected chi connectivity index (χ2v) is 8.62. The third-order valence-electron chi connectivity index (χ3n) is 4.19. The molecule has 0 fully saturated rings. The van der Waals surface area contributed by atoms with Crippen molar-refractivity contribution in [3.8, 4) is 0 Å². The van der Waals surface area contributed by atoms with Gasteiger partial charge >= 0.3 is 0 Å². The normalized spacial score (nSPS) is 14.7. The molecule has 1 amide bonds. The summed E-state index contributed by atoms with van der Waals surface area (Å²) >= 11 is 5.94. The Bertz CT molecular complexity index is 732. The fourth-order valence-electron chi connectivity index (χ4n) is 2.90. The average molecular weight is 385 g/mol. The van der Waals surface area contributed by atoms with Crippen LogP contribution in [-0.4, -0.2) is 33.7 Å². The number of anilines is 1. The highest BCUT2D eigenvalue weighted by Crippen LogP contribution is 2.22. The van der Waals surface area contributed by atoms with E-state index in [4.69, 9.17) is 11.6 Å². The molecule has 138 valence electrons. The van der Waals surface area contributed by atoms with Gasteiger partial charge in [0.05, 0.1) is 11.9 Å². The molecule has 1 aromatic carbocycles. The molecule has 0 aliphatic heterocycles. The molecule has 0 saturated carbocycles. The zero-order valence-corrected chi connectivity index (χ0v) is 16.1. The van der Waals surface area contributed by atoms with Gasteiger partial charge in [-0.3, -0.25) is 9.10 Å². The summed E-state index contributed by atoms with van der Waals surface area (Å²) in [7, 11) is -3.48. The van der Waals surface area contributed by atoms with Crippen molar-refractivity contribution >= 4 is 33.2 Å². The quantitative estimate of drug-likeness (QED) is 0.697. The number of nitrogens with one attached hydrogen (secondary N) is 1. The molecule has 7 heteroatoms. The minimum atomic E-state index is -3.48. The maximum Gasteiger partial charge on any atom is 0.232 e. The van der Waals surface area contributed by atoms with Crippen molar-refractivity contribution < 1.29 is 13.2 Å². The van der Waals surface area contributed by atoms with Gasteiger partial charge in [0.2, 0.25) is 15.9 Å². The third-order valence-corrected chi connectivity index (χ3v) is 5.62. The summed E-state index contributed by atoms with van der Waals surface area (Å²) < 4.78 is 25.3. The predicted molar refractivity (Wildman–Crippen MR) is 102 cm³/mol. The molecule has 0 unspecified atom stereocenters. The Hall–Kier alpha value is -1.53. The topological polar surface area (TPSA) is 66.5 Å². The number of rotatable bonds is 8. The van der Waals surface area contributed by atoms with E-state index in [1.165, 1.54) is 22.7 Å². The van der Waals surface area contributed by atoms with E-state index in [9.17, 15) is 13.2 Å². The number of amides is 1. The van der Waals surface area contributed by atoms with Crippen LogP contribution in [0.25, 0.3) is 0 Å². The van der Waals surface area contributed by atoms with Crippen molar-refractivity contribution in [2.45, 2.75) is 38.5 Å². The van der Waals surface area contributed by atoms with Crippen molar-refractivity contribution in [2.75, 3.05) is 23.7 Å². The predicted octanol–water partition coefficient (Wildman–Crippen LogP) is 3.50. The first-order chi connectivity index (χ1) is 11.9. The van der Waals surface area contributed by atoms with Crippen molar-refractivity contribution in [2.24, 2.45) is 0 Å². The fourth-order valence-corrected chi connectivity index (χ4v) is 4.01. The number of carbonyl (C=O) groups is 1. The monoisotopic (exact) mass is 384 g/mol. The minimum Gasteiger partial charge on any atom is -0.356 e. The van der Waals surface area contributed by atoms with Gasteiger partial charge in [0.15, 0.2) is 0 Å². The van der Waals surface area contributed by atoms with Gasteiger partial charge in [-0.25, -0.2) is 8.42 Å². The summed E-state index contributed by atoms with van der Waals surface area (Å²) in [6, 6.07) is 6.61. The SMILES string of the molecule is CS(=O)(=O)N(CCC(=O)NCCC1=CCCCC1)c1cccc(Cl)c1. The molecule has 0 saturated heterocycles. The third kappa shape index (κ3) is 6.71. The van der Waals surface area contributed by atoms with E-state index < -0.39 is 10.0 Å². The van der Waals surface area contributed by atoms with Crippen LogP contribution in [-0.2, 0) is 14.8 Å². The summed E-state index contributed by atoms with van der Waals surface area (Å²) in [6.45, 7) is 0.689. The maximum atomic E-state index is 12.0. The van der Waals surface area contributed by atoms with Crippen LogP contribution in [0.4, 0.5) is 5.69 Å². The minimum absolute atomic E-state index is 0.0910. The molecule has 2 rings (SSSR count). The molecule has 0 aromatic heterocycles. The highest BCUT2D eigenvalue weighted by Gasteiger charge is 2.18. The lowest BCUT2D eigenvalue weighted by Crippen LogP contribution is -2.35. The van der Waals surface area contributed by atoms with E-state index in [-0.39, 0.29) is 18.9 Å². The summed E-state index contributed by atoms with van der Waals surface area (Å²) in [5.41, 5.74) is 1.87. The number of carbonyl (C=O) groups excluding carboxylic acids is 1. The Morgan fingerprint density at radius 1 is 1.32 bits per heavy atom. The van der Waals surface area contributed by atoms with Crippen LogP contribution in [0.2, 0.25) is 5.02 Å². The van der Waals surface area contributed by atoms with E-state index >= 15 is 0 Å². The van der Waals surface area contributed by atoms with Crippen molar-refractivity contribution in [1.29, 1.82) is 0 Å². The van der Waals surface area contributed by atoms with Gasteiger partial charge in [-0.1, -0.05) is 29.3 Å². The van der Waals surface area contributed by atoms with E-state index in [0.29, 0.717) is 17.3 Å². The largest absolute Gasteiger partial charge is 0.356 e. The van der Waals surface area contributed by atoms with E-state index in [1.807, 2.05) is 0 Å². The van der Waals surface area contributed by atoms with Crippen LogP contribution < -0.4 is 9.62 Å². The number of hydrogen-bond acceptors (Lipinski definition) is 3. The van der Waals surface area contributed by atoms with E-state index in [1.54, 1.807) is 24.3 Å². The van der Waals surface area contributed by atoms with Crippen molar-refractivity contribution in [3.05, 3.63) is 40.9 Å². The number of sulfonamides is 1. The maximum absolute atomic E-state index is 12.0. The van der Waals surface area contributed by atoms with Crippen LogP contribution in [0.5, 0.6) is 0 Å². The standard InChI is InChI=1S/C18H25ClN2O3S/c1-25(23,24)21(17-9-5-8-16(19)14-17)13-11-18(22)20-12-10-15-6-3-2-4-7-15/h5-6,8-9,14H,2-4,7,10-13H2,1H3,(H,20,22). The second kappa shape index (κ2) is 9.25. The second-order valence-electron chi connectivity index (χ2n) is 6.27. The first-order valence-corrected chi connectivity index (χ1v) is 10.8. The molecule has 0 heterocycles. The molecule has 5 nitrogen and oxygen atoms in total. The Labute approximate surface area is 155 Å². The molecule has 0 bridgehead atoms. The van der Waals surface area contributed by atoms with E-state index in [0.717, 1.165) is 25.5 Å².